The molecule has 0 saturated carbocycles. The van der Waals surface area contributed by atoms with Gasteiger partial charge in [0.05, 0.1) is 20.3 Å². The fourth-order valence-corrected chi connectivity index (χ4v) is 3.23. The Morgan fingerprint density at radius 2 is 2.03 bits per heavy atom. The number of nitrogens with one attached hydrogen (secondary N) is 2. The maximum Gasteiger partial charge on any atom is 0.191 e. The molecule has 1 unspecified atom stereocenters. The number of aliphatic imine (C=N–C) groups is 1. The van der Waals surface area contributed by atoms with Gasteiger partial charge in [0.15, 0.2) is 5.96 Å². The predicted molar refractivity (Wildman–Crippen MR) is 116 cm³/mol. The molecule has 2 N–H and O–H groups in total. The van der Waals surface area contributed by atoms with Gasteiger partial charge >= 0.3 is 0 Å². The highest BCUT2D eigenvalue weighted by Gasteiger charge is 2.17. The lowest BCUT2D eigenvalue weighted by molar-refractivity contribution is 0.166. The molecule has 0 bridgehead atoms. The van der Waals surface area contributed by atoms with Crippen molar-refractivity contribution in [1.82, 2.24) is 10.6 Å². The molecule has 1 aliphatic rings. The first kappa shape index (κ1) is 21.0. The summed E-state index contributed by atoms with van der Waals surface area (Å²) in [6.07, 6.45) is 1.07. The molecule has 0 aromatic heterocycles. The van der Waals surface area contributed by atoms with E-state index in [1.54, 1.807) is 14.2 Å². The predicted octanol–water partition coefficient (Wildman–Crippen LogP) is 3.28. The zero-order valence-corrected chi connectivity index (χ0v) is 17.5. The van der Waals surface area contributed by atoms with Gasteiger partial charge in [-0.25, -0.2) is 0 Å². The summed E-state index contributed by atoms with van der Waals surface area (Å²) < 4.78 is 16.9. The number of hydrogen-bond acceptors (Lipinski definition) is 4. The second-order valence-electron chi connectivity index (χ2n) is 7.28. The summed E-state index contributed by atoms with van der Waals surface area (Å²) in [4.78, 5) is 4.32. The van der Waals surface area contributed by atoms with Crippen LogP contribution in [0.25, 0.3) is 0 Å². The molecule has 1 aliphatic heterocycles. The molecule has 29 heavy (non-hydrogen) atoms. The average molecular weight is 398 g/mol. The van der Waals surface area contributed by atoms with Crippen LogP contribution in [0.3, 0.4) is 0 Å². The Kier molecular flexibility index (Phi) is 7.76. The molecule has 6 nitrogen and oxygen atoms in total. The lowest BCUT2D eigenvalue weighted by atomic mass is 10.1. The highest BCUT2D eigenvalue weighted by Crippen LogP contribution is 2.22. The number of nitrogens with zero attached hydrogens (tertiary/aromatic N) is 1. The maximum absolute atomic E-state index is 6.13. The van der Waals surface area contributed by atoms with Gasteiger partial charge in [-0.1, -0.05) is 24.3 Å². The first-order valence-electron chi connectivity index (χ1n) is 10.1. The summed E-state index contributed by atoms with van der Waals surface area (Å²) in [6.45, 7) is 5.70. The number of hydrogen-bond donors (Lipinski definition) is 2. The highest BCUT2D eigenvalue weighted by molar-refractivity contribution is 5.79. The van der Waals surface area contributed by atoms with Gasteiger partial charge in [0.2, 0.25) is 0 Å². The second kappa shape index (κ2) is 10.7. The normalized spacial score (nSPS) is 16.5. The second-order valence-corrected chi connectivity index (χ2v) is 7.28. The van der Waals surface area contributed by atoms with Crippen molar-refractivity contribution < 1.29 is 14.2 Å². The van der Waals surface area contributed by atoms with E-state index in [-0.39, 0.29) is 0 Å². The molecular formula is C23H31N3O3. The van der Waals surface area contributed by atoms with Crippen LogP contribution in [-0.2, 0) is 17.8 Å². The Hall–Kier alpha value is -2.73. The van der Waals surface area contributed by atoms with E-state index in [0.717, 1.165) is 48.2 Å². The molecule has 6 heteroatoms. The number of guanidine groups is 1. The minimum Gasteiger partial charge on any atom is -0.497 e. The van der Waals surface area contributed by atoms with E-state index in [0.29, 0.717) is 25.6 Å². The van der Waals surface area contributed by atoms with Gasteiger partial charge in [-0.15, -0.1) is 0 Å². The summed E-state index contributed by atoms with van der Waals surface area (Å²) in [5.74, 6) is 2.99. The molecule has 3 rings (SSSR count). The van der Waals surface area contributed by atoms with Crippen molar-refractivity contribution in [3.8, 4) is 11.5 Å². The fourth-order valence-electron chi connectivity index (χ4n) is 3.23. The average Bonchev–Trinajstić information content (AvgIpc) is 3.27. The molecule has 156 valence electrons. The number of ether oxygens (including phenoxy) is 3. The summed E-state index contributed by atoms with van der Waals surface area (Å²) in [7, 11) is 3.45. The molecule has 1 heterocycles. The van der Waals surface area contributed by atoms with E-state index in [2.05, 4.69) is 46.8 Å². The van der Waals surface area contributed by atoms with Crippen molar-refractivity contribution in [2.24, 2.45) is 10.9 Å². The van der Waals surface area contributed by atoms with Crippen LogP contribution in [0.4, 0.5) is 0 Å². The highest BCUT2D eigenvalue weighted by atomic mass is 16.5. The third kappa shape index (κ3) is 6.39. The fraction of sp³-hybridized carbons (Fsp3) is 0.435. The number of methoxy groups -OCH3 is 1. The van der Waals surface area contributed by atoms with E-state index in [1.165, 1.54) is 5.56 Å². The zero-order valence-electron chi connectivity index (χ0n) is 17.5. The summed E-state index contributed by atoms with van der Waals surface area (Å²) in [5, 5.41) is 6.72. The van der Waals surface area contributed by atoms with E-state index in [9.17, 15) is 0 Å². The van der Waals surface area contributed by atoms with Gasteiger partial charge < -0.3 is 24.8 Å². The molecule has 1 atom stereocenters. The van der Waals surface area contributed by atoms with Crippen LogP contribution < -0.4 is 20.1 Å². The van der Waals surface area contributed by atoms with Crippen molar-refractivity contribution in [3.05, 3.63) is 59.2 Å². The summed E-state index contributed by atoms with van der Waals surface area (Å²) >= 11 is 0. The van der Waals surface area contributed by atoms with E-state index in [4.69, 9.17) is 14.2 Å². The maximum atomic E-state index is 6.13. The van der Waals surface area contributed by atoms with Crippen LogP contribution >= 0.6 is 0 Å². The minimum absolute atomic E-state index is 0.480. The number of aryl methyl sites for hydroxylation is 1. The third-order valence-electron chi connectivity index (χ3n) is 4.99. The van der Waals surface area contributed by atoms with Crippen molar-refractivity contribution in [2.75, 3.05) is 34.0 Å². The van der Waals surface area contributed by atoms with Crippen molar-refractivity contribution in [3.63, 3.8) is 0 Å². The van der Waals surface area contributed by atoms with Gasteiger partial charge in [0, 0.05) is 38.2 Å². The molecule has 1 saturated heterocycles. The standard InChI is InChI=1S/C23H31N3O3/c1-17-7-8-20(22(11-17)29-16-19-9-10-28-15-19)14-26-23(24-2)25-13-18-5-4-6-21(12-18)27-3/h4-8,11-12,19H,9-10,13-16H2,1-3H3,(H2,24,25,26). The van der Waals surface area contributed by atoms with Crippen LogP contribution in [-0.4, -0.2) is 39.9 Å². The van der Waals surface area contributed by atoms with Gasteiger partial charge in [0.25, 0.3) is 0 Å². The monoisotopic (exact) mass is 397 g/mol. The van der Waals surface area contributed by atoms with Gasteiger partial charge in [-0.3, -0.25) is 4.99 Å². The van der Waals surface area contributed by atoms with E-state index < -0.39 is 0 Å². The first-order chi connectivity index (χ1) is 14.2. The van der Waals surface area contributed by atoms with Crippen LogP contribution in [0.2, 0.25) is 0 Å². The van der Waals surface area contributed by atoms with Gasteiger partial charge in [-0.05, 0) is 42.7 Å². The van der Waals surface area contributed by atoms with Crippen LogP contribution in [0.15, 0.2) is 47.5 Å². The van der Waals surface area contributed by atoms with Crippen LogP contribution in [0, 0.1) is 12.8 Å². The Balaban J connectivity index is 1.55. The molecule has 0 spiro atoms. The van der Waals surface area contributed by atoms with Crippen LogP contribution in [0.5, 0.6) is 11.5 Å². The molecular weight excluding hydrogens is 366 g/mol. The lowest BCUT2D eigenvalue weighted by Crippen LogP contribution is -2.36. The minimum atomic E-state index is 0.480. The Morgan fingerprint density at radius 3 is 2.79 bits per heavy atom. The molecule has 2 aromatic rings. The summed E-state index contributed by atoms with van der Waals surface area (Å²) in [5.41, 5.74) is 3.43. The largest absolute Gasteiger partial charge is 0.497 e. The number of benzene rings is 2. The Labute approximate surface area is 173 Å². The third-order valence-corrected chi connectivity index (χ3v) is 4.99. The van der Waals surface area contributed by atoms with E-state index in [1.807, 2.05) is 18.2 Å². The van der Waals surface area contributed by atoms with E-state index >= 15 is 0 Å². The first-order valence-corrected chi connectivity index (χ1v) is 10.1. The van der Waals surface area contributed by atoms with Crippen LogP contribution in [0.1, 0.15) is 23.1 Å². The molecule has 0 amide bonds. The van der Waals surface area contributed by atoms with Crippen molar-refractivity contribution in [2.45, 2.75) is 26.4 Å². The Morgan fingerprint density at radius 1 is 1.17 bits per heavy atom. The van der Waals surface area contributed by atoms with Crippen molar-refractivity contribution >= 4 is 5.96 Å². The smallest absolute Gasteiger partial charge is 0.191 e. The summed E-state index contributed by atoms with van der Waals surface area (Å²) in [6, 6.07) is 14.3. The SMILES string of the molecule is CN=C(NCc1cccc(OC)c1)NCc1ccc(C)cc1OCC1CCOC1. The molecule has 0 aliphatic carbocycles. The van der Waals surface area contributed by atoms with Gasteiger partial charge in [-0.2, -0.15) is 0 Å². The quantitative estimate of drug-likeness (QED) is 0.529. The zero-order chi connectivity index (χ0) is 20.5. The number of rotatable bonds is 8. The van der Waals surface area contributed by atoms with Crippen molar-refractivity contribution in [1.29, 1.82) is 0 Å². The topological polar surface area (TPSA) is 64.1 Å². The molecule has 2 aromatic carbocycles. The molecule has 0 radical (unpaired) electrons. The lowest BCUT2D eigenvalue weighted by Gasteiger charge is -2.17. The molecule has 1 fully saturated rings. The Bertz CT molecular complexity index is 817. The van der Waals surface area contributed by atoms with Gasteiger partial charge in [0.1, 0.15) is 11.5 Å².